The Balaban J connectivity index is 0. The molecule has 0 fully saturated rings. The molecule has 0 aliphatic heterocycles. The summed E-state index contributed by atoms with van der Waals surface area (Å²) in [6.45, 7) is 0. The fourth-order valence-electron chi connectivity index (χ4n) is 0. The van der Waals surface area contributed by atoms with Crippen LogP contribution in [0, 0.1) is 0 Å². The van der Waals surface area contributed by atoms with Crippen LogP contribution >= 0.6 is 24.8 Å². The van der Waals surface area contributed by atoms with E-state index >= 15 is 0 Å². The third-order valence-corrected chi connectivity index (χ3v) is 0. The molecule has 24 valence electrons. The van der Waals surface area contributed by atoms with E-state index in [4.69, 9.17) is 0 Å². The monoisotopic (exact) mass is 218 g/mol. The summed E-state index contributed by atoms with van der Waals surface area (Å²) in [4.78, 5) is 0. The first-order chi connectivity index (χ1) is 0. The number of hydrogen-bond donors (Lipinski definition) is 0. The van der Waals surface area contributed by atoms with E-state index in [2.05, 4.69) is 0 Å². The number of hydrogen-bond acceptors (Lipinski definition) is 0. The molecule has 0 aromatic heterocycles. The molecule has 4 heteroatoms. The van der Waals surface area contributed by atoms with Gasteiger partial charge >= 0.3 is 53.5 Å². The number of rotatable bonds is 0. The van der Waals surface area contributed by atoms with Crippen molar-refractivity contribution in [3.63, 3.8) is 0 Å². The van der Waals surface area contributed by atoms with E-state index < -0.39 is 0 Å². The molecule has 2 radical (unpaired) electrons. The molecule has 0 saturated carbocycles. The standard InChI is InChI=1S/2ClH.Na.Sn.3H/h2*1H;;;;;. The van der Waals surface area contributed by atoms with Crippen LogP contribution in [0.25, 0.3) is 0 Å². The maximum atomic E-state index is 0. The van der Waals surface area contributed by atoms with E-state index in [9.17, 15) is 0 Å². The van der Waals surface area contributed by atoms with Gasteiger partial charge in [-0.2, -0.15) is 0 Å². The van der Waals surface area contributed by atoms with Gasteiger partial charge in [-0.05, 0) is 0 Å². The van der Waals surface area contributed by atoms with Crippen LogP contribution in [-0.2, 0) is 0 Å². The molecule has 0 atom stereocenters. The van der Waals surface area contributed by atoms with Gasteiger partial charge in [0.2, 0.25) is 0 Å². The van der Waals surface area contributed by atoms with Crippen molar-refractivity contribution in [2.75, 3.05) is 0 Å². The van der Waals surface area contributed by atoms with Crippen molar-refractivity contribution in [1.29, 1.82) is 0 Å². The van der Waals surface area contributed by atoms with E-state index in [0.717, 1.165) is 0 Å². The molecule has 0 aliphatic rings. The van der Waals surface area contributed by atoms with Crippen molar-refractivity contribution < 1.29 is 0 Å². The second-order valence-corrected chi connectivity index (χ2v) is 0. The predicted molar refractivity (Wildman–Crippen MR) is 30.2 cm³/mol. The Bertz CT molecular complexity index is 6.00. The molecule has 0 bridgehead atoms. The summed E-state index contributed by atoms with van der Waals surface area (Å²) in [6.07, 6.45) is 0. The van der Waals surface area contributed by atoms with Crippen LogP contribution in [0.1, 0.15) is 0 Å². The van der Waals surface area contributed by atoms with Gasteiger partial charge in [0.15, 0.2) is 0 Å². The first-order valence-corrected chi connectivity index (χ1v) is 0. The van der Waals surface area contributed by atoms with Crippen LogP contribution in [0.5, 0.6) is 0 Å². The molecule has 0 spiro atoms. The van der Waals surface area contributed by atoms with Gasteiger partial charge in [-0.15, -0.1) is 24.8 Å². The average Bonchev–Trinajstić information content (AvgIpc) is 0. The summed E-state index contributed by atoms with van der Waals surface area (Å²) in [5, 5.41) is 0. The molecule has 0 unspecified atom stereocenters. The van der Waals surface area contributed by atoms with Gasteiger partial charge < -0.3 is 0 Å². The summed E-state index contributed by atoms with van der Waals surface area (Å²) in [5.41, 5.74) is 0. The topological polar surface area (TPSA) is 0 Å². The molecule has 0 nitrogen and oxygen atoms in total. The maximum absolute atomic E-state index is 0. The van der Waals surface area contributed by atoms with Gasteiger partial charge in [0.1, 0.15) is 0 Å². The fourth-order valence-corrected chi connectivity index (χ4v) is 0. The molecule has 0 saturated heterocycles. The Hall–Kier alpha value is 2.38. The Kier molecular flexibility index (Phi) is 149. The summed E-state index contributed by atoms with van der Waals surface area (Å²) >= 11 is 0. The third kappa shape index (κ3) is 8.83. The Morgan fingerprint density at radius 1 is 0.750 bits per heavy atom. The molecule has 0 amide bonds. The first-order valence-electron chi connectivity index (χ1n) is 0. The van der Waals surface area contributed by atoms with Crippen LogP contribution < -0.4 is 0 Å². The van der Waals surface area contributed by atoms with Crippen molar-refractivity contribution in [3.05, 3.63) is 0 Å². The molecule has 0 heterocycles. The van der Waals surface area contributed by atoms with E-state index in [-0.39, 0.29) is 78.3 Å². The molecule has 0 rings (SSSR count). The molecule has 0 aromatic carbocycles. The molecule has 0 aliphatic carbocycles. The summed E-state index contributed by atoms with van der Waals surface area (Å²) in [5.74, 6) is 0. The van der Waals surface area contributed by atoms with Crippen LogP contribution in [0.3, 0.4) is 0 Å². The van der Waals surface area contributed by atoms with Crippen molar-refractivity contribution in [3.8, 4) is 0 Å². The van der Waals surface area contributed by atoms with Gasteiger partial charge in [0, 0.05) is 0 Å². The Morgan fingerprint density at radius 2 is 0.750 bits per heavy atom. The molecule has 0 aromatic rings. The van der Waals surface area contributed by atoms with Crippen LogP contribution in [0.2, 0.25) is 0 Å². The first kappa shape index (κ1) is 32.6. The van der Waals surface area contributed by atoms with E-state index in [1.807, 2.05) is 0 Å². The van der Waals surface area contributed by atoms with Gasteiger partial charge in [-0.1, -0.05) is 0 Å². The van der Waals surface area contributed by atoms with E-state index in [1.165, 1.54) is 0 Å². The summed E-state index contributed by atoms with van der Waals surface area (Å²) in [6, 6.07) is 0. The van der Waals surface area contributed by atoms with Crippen LogP contribution in [-0.4, -0.2) is 53.5 Å². The number of halogens is 2. The van der Waals surface area contributed by atoms with E-state index in [1.54, 1.807) is 0 Å². The third-order valence-electron chi connectivity index (χ3n) is 0. The second-order valence-electron chi connectivity index (χ2n) is 0. The molecule has 0 N–H and O–H groups in total. The summed E-state index contributed by atoms with van der Waals surface area (Å²) in [7, 11) is 0. The minimum absolute atomic E-state index is 0. The van der Waals surface area contributed by atoms with Gasteiger partial charge in [0.05, 0.1) is 0 Å². The Morgan fingerprint density at radius 3 is 0.750 bits per heavy atom. The van der Waals surface area contributed by atoms with Gasteiger partial charge in [-0.25, -0.2) is 0 Å². The zero-order chi connectivity index (χ0) is 0. The SMILES string of the molecule is Cl.Cl.[NaH].[SnH2]. The normalized spacial score (nSPS) is 0. The molecular weight excluding hydrogens is 213 g/mol. The zero-order valence-corrected chi connectivity index (χ0v) is 7.19. The van der Waals surface area contributed by atoms with Gasteiger partial charge in [-0.3, -0.25) is 0 Å². The van der Waals surface area contributed by atoms with Crippen molar-refractivity contribution in [2.45, 2.75) is 0 Å². The molecular formula is H5Cl2NaSn. The van der Waals surface area contributed by atoms with Crippen molar-refractivity contribution in [1.82, 2.24) is 0 Å². The summed E-state index contributed by atoms with van der Waals surface area (Å²) < 4.78 is 0. The molecule has 4 heavy (non-hydrogen) atoms. The van der Waals surface area contributed by atoms with Crippen LogP contribution in [0.15, 0.2) is 0 Å². The van der Waals surface area contributed by atoms with Crippen molar-refractivity contribution in [2.24, 2.45) is 0 Å². The predicted octanol–water partition coefficient (Wildman–Crippen LogP) is -0.721. The van der Waals surface area contributed by atoms with Gasteiger partial charge in [0.25, 0.3) is 0 Å². The Labute approximate surface area is 77.2 Å². The zero-order valence-electron chi connectivity index (χ0n) is 1.52. The average molecular weight is 218 g/mol. The van der Waals surface area contributed by atoms with E-state index in [0.29, 0.717) is 0 Å². The fraction of sp³-hybridized carbons (Fsp3) is 0. The quantitative estimate of drug-likeness (QED) is 0.470. The van der Waals surface area contributed by atoms with Crippen LogP contribution in [0.4, 0.5) is 0 Å². The minimum atomic E-state index is 0. The van der Waals surface area contributed by atoms with Crippen molar-refractivity contribution >= 4 is 78.3 Å². The second kappa shape index (κ2) is 18.2.